The average molecular weight is 433 g/mol. The van der Waals surface area contributed by atoms with E-state index in [-0.39, 0.29) is 18.1 Å². The third-order valence-electron chi connectivity index (χ3n) is 5.71. The second-order valence-electron chi connectivity index (χ2n) is 7.86. The number of aryl methyl sites for hydroxylation is 1. The summed E-state index contributed by atoms with van der Waals surface area (Å²) >= 11 is 0. The number of hydrogen-bond donors (Lipinski definition) is 3. The van der Waals surface area contributed by atoms with Gasteiger partial charge in [0, 0.05) is 6.61 Å². The first-order valence-electron chi connectivity index (χ1n) is 11.2. The SMILES string of the molecule is CCC(=C(c1ccc(O)cc1)c1ccc(O)cc1)c1ccc(CCCCCO)c(OC)c1. The molecule has 0 atom stereocenters. The van der Waals surface area contributed by atoms with Crippen molar-refractivity contribution >= 4 is 11.1 Å². The Bertz CT molecular complexity index is 987. The van der Waals surface area contributed by atoms with Gasteiger partial charge in [-0.2, -0.15) is 0 Å². The fraction of sp³-hybridized carbons (Fsp3) is 0.286. The van der Waals surface area contributed by atoms with Gasteiger partial charge in [-0.25, -0.2) is 0 Å². The summed E-state index contributed by atoms with van der Waals surface area (Å²) in [7, 11) is 1.70. The molecule has 4 heteroatoms. The minimum atomic E-state index is 0.226. The van der Waals surface area contributed by atoms with Gasteiger partial charge in [0.05, 0.1) is 7.11 Å². The van der Waals surface area contributed by atoms with Crippen molar-refractivity contribution in [3.05, 3.63) is 89.0 Å². The second-order valence-corrected chi connectivity index (χ2v) is 7.86. The summed E-state index contributed by atoms with van der Waals surface area (Å²) in [5.74, 6) is 1.32. The summed E-state index contributed by atoms with van der Waals surface area (Å²) in [6, 6.07) is 20.8. The van der Waals surface area contributed by atoms with Crippen LogP contribution in [0.3, 0.4) is 0 Å². The zero-order chi connectivity index (χ0) is 22.9. The van der Waals surface area contributed by atoms with Gasteiger partial charge in [0.25, 0.3) is 0 Å². The maximum Gasteiger partial charge on any atom is 0.122 e. The number of unbranched alkanes of at least 4 members (excludes halogenated alkanes) is 2. The first-order valence-corrected chi connectivity index (χ1v) is 11.2. The standard InChI is InChI=1S/C28H32O4/c1-3-26(23-9-8-20(27(19-23)32-2)7-5-4-6-18-29)28(21-10-14-24(30)15-11-21)22-12-16-25(31)17-13-22/h8-17,19,29-31H,3-7,18H2,1-2H3. The molecule has 4 nitrogen and oxygen atoms in total. The lowest BCUT2D eigenvalue weighted by Gasteiger charge is -2.18. The summed E-state index contributed by atoms with van der Waals surface area (Å²) in [6.45, 7) is 2.36. The van der Waals surface area contributed by atoms with Crippen molar-refractivity contribution in [2.75, 3.05) is 13.7 Å². The molecule has 0 radical (unpaired) electrons. The molecule has 32 heavy (non-hydrogen) atoms. The predicted molar refractivity (Wildman–Crippen MR) is 130 cm³/mol. The number of aliphatic hydroxyl groups excluding tert-OH is 1. The number of benzene rings is 3. The van der Waals surface area contributed by atoms with Gasteiger partial charge in [0.1, 0.15) is 17.2 Å². The van der Waals surface area contributed by atoms with Gasteiger partial charge >= 0.3 is 0 Å². The van der Waals surface area contributed by atoms with E-state index in [0.717, 1.165) is 65.7 Å². The summed E-state index contributed by atoms with van der Waals surface area (Å²) < 4.78 is 5.72. The van der Waals surface area contributed by atoms with Crippen molar-refractivity contribution in [1.82, 2.24) is 0 Å². The number of allylic oxidation sites excluding steroid dienone is 1. The molecule has 0 fully saturated rings. The molecule has 3 rings (SSSR count). The van der Waals surface area contributed by atoms with Crippen molar-refractivity contribution < 1.29 is 20.1 Å². The lowest BCUT2D eigenvalue weighted by molar-refractivity contribution is 0.283. The maximum absolute atomic E-state index is 9.78. The van der Waals surface area contributed by atoms with Crippen molar-refractivity contribution in [1.29, 1.82) is 0 Å². The van der Waals surface area contributed by atoms with E-state index in [4.69, 9.17) is 9.84 Å². The molecule has 0 heterocycles. The molecule has 0 aliphatic rings. The molecule has 0 amide bonds. The van der Waals surface area contributed by atoms with Crippen LogP contribution in [0.2, 0.25) is 0 Å². The Morgan fingerprint density at radius 2 is 1.31 bits per heavy atom. The van der Waals surface area contributed by atoms with Gasteiger partial charge in [0.15, 0.2) is 0 Å². The number of methoxy groups -OCH3 is 1. The number of hydrogen-bond acceptors (Lipinski definition) is 4. The lowest BCUT2D eigenvalue weighted by atomic mass is 9.87. The minimum absolute atomic E-state index is 0.226. The molecular weight excluding hydrogens is 400 g/mol. The molecule has 3 aromatic rings. The highest BCUT2D eigenvalue weighted by atomic mass is 16.5. The van der Waals surface area contributed by atoms with Crippen LogP contribution in [-0.2, 0) is 6.42 Å². The molecule has 0 aromatic heterocycles. The number of aliphatic hydroxyl groups is 1. The van der Waals surface area contributed by atoms with Crippen LogP contribution in [-0.4, -0.2) is 29.0 Å². The van der Waals surface area contributed by atoms with Crippen molar-refractivity contribution in [3.8, 4) is 17.2 Å². The van der Waals surface area contributed by atoms with Gasteiger partial charge in [0.2, 0.25) is 0 Å². The summed E-state index contributed by atoms with van der Waals surface area (Å²) in [5.41, 5.74) is 6.46. The first-order chi connectivity index (χ1) is 15.6. The highest BCUT2D eigenvalue weighted by Crippen LogP contribution is 2.37. The Kier molecular flexibility index (Phi) is 8.34. The van der Waals surface area contributed by atoms with E-state index in [1.165, 1.54) is 5.56 Å². The Morgan fingerprint density at radius 1 is 0.750 bits per heavy atom. The van der Waals surface area contributed by atoms with Crippen LogP contribution in [0.15, 0.2) is 66.7 Å². The monoisotopic (exact) mass is 432 g/mol. The van der Waals surface area contributed by atoms with E-state index in [9.17, 15) is 10.2 Å². The number of ether oxygens (including phenoxy) is 1. The normalized spacial score (nSPS) is 10.7. The summed E-state index contributed by atoms with van der Waals surface area (Å²) in [5, 5.41) is 28.6. The van der Waals surface area contributed by atoms with Crippen LogP contribution in [0.4, 0.5) is 0 Å². The fourth-order valence-corrected chi connectivity index (χ4v) is 4.04. The van der Waals surface area contributed by atoms with E-state index in [1.54, 1.807) is 31.4 Å². The zero-order valence-electron chi connectivity index (χ0n) is 18.8. The molecule has 0 spiro atoms. The summed E-state index contributed by atoms with van der Waals surface area (Å²) in [4.78, 5) is 0. The van der Waals surface area contributed by atoms with Crippen LogP contribution in [0.25, 0.3) is 11.1 Å². The van der Waals surface area contributed by atoms with Crippen molar-refractivity contribution in [2.45, 2.75) is 39.0 Å². The Morgan fingerprint density at radius 3 is 1.81 bits per heavy atom. The second kappa shape index (κ2) is 11.4. The average Bonchev–Trinajstić information content (AvgIpc) is 2.82. The van der Waals surface area contributed by atoms with Crippen molar-refractivity contribution in [3.63, 3.8) is 0 Å². The molecule has 0 saturated carbocycles. The van der Waals surface area contributed by atoms with Gasteiger partial charge in [-0.05, 0) is 89.4 Å². The molecule has 0 saturated heterocycles. The molecule has 0 aliphatic heterocycles. The maximum atomic E-state index is 9.78. The molecule has 168 valence electrons. The Labute approximate surface area is 190 Å². The largest absolute Gasteiger partial charge is 0.508 e. The quantitative estimate of drug-likeness (QED) is 0.264. The summed E-state index contributed by atoms with van der Waals surface area (Å²) in [6.07, 6.45) is 4.55. The van der Waals surface area contributed by atoms with Gasteiger partial charge in [-0.15, -0.1) is 0 Å². The van der Waals surface area contributed by atoms with Gasteiger partial charge in [-0.1, -0.05) is 49.7 Å². The number of rotatable bonds is 10. The first kappa shape index (κ1) is 23.4. The van der Waals surface area contributed by atoms with Crippen LogP contribution in [0.1, 0.15) is 54.9 Å². The van der Waals surface area contributed by atoms with E-state index in [1.807, 2.05) is 24.3 Å². The third kappa shape index (κ3) is 5.71. The van der Waals surface area contributed by atoms with Crippen LogP contribution in [0.5, 0.6) is 17.2 Å². The van der Waals surface area contributed by atoms with Crippen LogP contribution >= 0.6 is 0 Å². The molecule has 0 aliphatic carbocycles. The molecular formula is C28H32O4. The Balaban J connectivity index is 2.09. The van der Waals surface area contributed by atoms with Gasteiger partial charge < -0.3 is 20.1 Å². The zero-order valence-corrected chi connectivity index (χ0v) is 18.8. The van der Waals surface area contributed by atoms with E-state index >= 15 is 0 Å². The number of phenolic OH excluding ortho intramolecular Hbond substituents is 2. The lowest BCUT2D eigenvalue weighted by Crippen LogP contribution is -1.98. The van der Waals surface area contributed by atoms with Gasteiger partial charge in [-0.3, -0.25) is 0 Å². The van der Waals surface area contributed by atoms with Crippen molar-refractivity contribution in [2.24, 2.45) is 0 Å². The fourth-order valence-electron chi connectivity index (χ4n) is 4.04. The Hall–Kier alpha value is -3.24. The smallest absolute Gasteiger partial charge is 0.122 e. The molecule has 0 bridgehead atoms. The van der Waals surface area contributed by atoms with E-state index in [0.29, 0.717) is 0 Å². The minimum Gasteiger partial charge on any atom is -0.508 e. The molecule has 3 aromatic carbocycles. The predicted octanol–water partition coefficient (Wildman–Crippen LogP) is 6.18. The number of aromatic hydroxyl groups is 2. The van der Waals surface area contributed by atoms with E-state index in [2.05, 4.69) is 25.1 Å². The highest BCUT2D eigenvalue weighted by Gasteiger charge is 2.15. The highest BCUT2D eigenvalue weighted by molar-refractivity contribution is 5.98. The third-order valence-corrected chi connectivity index (χ3v) is 5.71. The van der Waals surface area contributed by atoms with Crippen LogP contribution < -0.4 is 4.74 Å². The van der Waals surface area contributed by atoms with Crippen LogP contribution in [0, 0.1) is 0 Å². The topological polar surface area (TPSA) is 69.9 Å². The number of phenols is 2. The van der Waals surface area contributed by atoms with E-state index < -0.39 is 0 Å². The molecule has 0 unspecified atom stereocenters. The molecule has 3 N–H and O–H groups in total.